The van der Waals surface area contributed by atoms with Crippen LogP contribution < -0.4 is 0 Å². The van der Waals surface area contributed by atoms with E-state index in [2.05, 4.69) is 18.1 Å². The molecule has 0 amide bonds. The largest absolute Gasteiger partial charge is 0.287 e. The third-order valence-corrected chi connectivity index (χ3v) is 1.76. The van der Waals surface area contributed by atoms with E-state index < -0.39 is 11.6 Å². The number of aromatic nitrogens is 1. The predicted octanol–water partition coefficient (Wildman–Crippen LogP) is 2.96. The van der Waals surface area contributed by atoms with Gasteiger partial charge in [0.05, 0.1) is 5.57 Å². The van der Waals surface area contributed by atoms with Gasteiger partial charge in [0.1, 0.15) is 16.7 Å². The van der Waals surface area contributed by atoms with Gasteiger partial charge in [-0.15, -0.1) is 0 Å². The lowest BCUT2D eigenvalue weighted by molar-refractivity contribution is 0.103. The number of halogens is 2. The average Bonchev–Trinajstić information content (AvgIpc) is 2.15. The molecule has 0 saturated heterocycles. The molecular formula is C10H7ClFNO. The molecule has 0 fully saturated rings. The first-order chi connectivity index (χ1) is 6.52. The molecule has 4 heteroatoms. The number of carbonyl (C=O) groups is 1. The quantitative estimate of drug-likeness (QED) is 0.333. The zero-order chi connectivity index (χ0) is 10.7. The van der Waals surface area contributed by atoms with Crippen LogP contribution in [0, 0.1) is 0 Å². The molecule has 0 unspecified atom stereocenters. The predicted molar refractivity (Wildman–Crippen MR) is 53.0 cm³/mol. The van der Waals surface area contributed by atoms with Gasteiger partial charge in [-0.2, -0.15) is 0 Å². The molecule has 1 heterocycles. The van der Waals surface area contributed by atoms with Crippen molar-refractivity contribution in [3.8, 4) is 0 Å². The van der Waals surface area contributed by atoms with E-state index in [-0.39, 0.29) is 16.4 Å². The van der Waals surface area contributed by atoms with Crippen LogP contribution in [0.15, 0.2) is 42.8 Å². The zero-order valence-electron chi connectivity index (χ0n) is 7.26. The average molecular weight is 212 g/mol. The summed E-state index contributed by atoms with van der Waals surface area (Å²) in [5.74, 6) is -1.48. The minimum Gasteiger partial charge on any atom is -0.287 e. The lowest BCUT2D eigenvalue weighted by Crippen LogP contribution is -2.05. The number of hydrogen-bond acceptors (Lipinski definition) is 2. The van der Waals surface area contributed by atoms with Gasteiger partial charge in [0.25, 0.3) is 0 Å². The summed E-state index contributed by atoms with van der Waals surface area (Å²) in [5, 5.41) is 0.174. The molecule has 1 aromatic heterocycles. The van der Waals surface area contributed by atoms with Crippen LogP contribution in [0.5, 0.6) is 0 Å². The molecule has 0 spiro atoms. The van der Waals surface area contributed by atoms with E-state index in [0.717, 1.165) is 0 Å². The van der Waals surface area contributed by atoms with Crippen molar-refractivity contribution in [1.82, 2.24) is 4.98 Å². The van der Waals surface area contributed by atoms with E-state index >= 15 is 0 Å². The first-order valence-corrected chi connectivity index (χ1v) is 4.11. The summed E-state index contributed by atoms with van der Waals surface area (Å²) >= 11 is 5.56. The first kappa shape index (κ1) is 10.6. The van der Waals surface area contributed by atoms with Gasteiger partial charge in [-0.3, -0.25) is 4.79 Å². The Bertz CT molecular complexity index is 414. The van der Waals surface area contributed by atoms with Crippen molar-refractivity contribution in [2.24, 2.45) is 0 Å². The molecule has 0 atom stereocenters. The van der Waals surface area contributed by atoms with Crippen LogP contribution >= 0.6 is 11.6 Å². The number of pyridine rings is 1. The van der Waals surface area contributed by atoms with Crippen molar-refractivity contribution in [2.45, 2.75) is 0 Å². The Morgan fingerprint density at radius 3 is 2.57 bits per heavy atom. The summed E-state index contributed by atoms with van der Waals surface area (Å²) in [6, 6.07) is 4.50. The van der Waals surface area contributed by atoms with Gasteiger partial charge < -0.3 is 0 Å². The number of Topliss-reactive ketones (excluding diaryl/α,β-unsaturated/α-hetero) is 1. The fourth-order valence-electron chi connectivity index (χ4n) is 0.813. The Morgan fingerprint density at radius 2 is 2.07 bits per heavy atom. The van der Waals surface area contributed by atoms with Crippen LogP contribution in [0.1, 0.15) is 10.5 Å². The third kappa shape index (κ3) is 2.26. The number of carbonyl (C=O) groups excluding carboxylic acids is 1. The lowest BCUT2D eigenvalue weighted by Gasteiger charge is -2.00. The molecule has 72 valence electrons. The van der Waals surface area contributed by atoms with Crippen molar-refractivity contribution < 1.29 is 9.18 Å². The van der Waals surface area contributed by atoms with Crippen LogP contribution in [0.2, 0.25) is 5.15 Å². The molecule has 0 saturated carbocycles. The van der Waals surface area contributed by atoms with Crippen LogP contribution in [0.25, 0.3) is 0 Å². The normalized spacial score (nSPS) is 9.57. The monoisotopic (exact) mass is 211 g/mol. The SMILES string of the molecule is C=C(F)C(=C)C(=O)c1cccc(Cl)n1. The highest BCUT2D eigenvalue weighted by Crippen LogP contribution is 2.14. The Morgan fingerprint density at radius 1 is 1.43 bits per heavy atom. The minimum atomic E-state index is -0.864. The van der Waals surface area contributed by atoms with E-state index in [0.29, 0.717) is 0 Å². The Labute approximate surface area is 85.7 Å². The Hall–Kier alpha value is -1.48. The molecule has 2 nitrogen and oxygen atoms in total. The van der Waals surface area contributed by atoms with Crippen LogP contribution in [-0.2, 0) is 0 Å². The van der Waals surface area contributed by atoms with Gasteiger partial charge in [-0.1, -0.05) is 30.8 Å². The second-order valence-electron chi connectivity index (χ2n) is 2.56. The maximum atomic E-state index is 12.6. The Kier molecular flexibility index (Phi) is 3.14. The summed E-state index contributed by atoms with van der Waals surface area (Å²) in [6.45, 7) is 6.23. The number of hydrogen-bond donors (Lipinski definition) is 0. The number of ketones is 1. The molecule has 14 heavy (non-hydrogen) atoms. The maximum Gasteiger partial charge on any atom is 0.213 e. The van der Waals surface area contributed by atoms with E-state index in [9.17, 15) is 9.18 Å². The third-order valence-electron chi connectivity index (χ3n) is 1.55. The number of rotatable bonds is 3. The molecule has 0 aliphatic heterocycles. The lowest BCUT2D eigenvalue weighted by atomic mass is 10.1. The van der Waals surface area contributed by atoms with E-state index in [1.165, 1.54) is 12.1 Å². The molecular weight excluding hydrogens is 205 g/mol. The highest BCUT2D eigenvalue weighted by molar-refractivity contribution is 6.29. The molecule has 0 radical (unpaired) electrons. The molecule has 0 aliphatic rings. The van der Waals surface area contributed by atoms with Crippen molar-refractivity contribution in [3.05, 3.63) is 53.6 Å². The second kappa shape index (κ2) is 4.15. The van der Waals surface area contributed by atoms with Crippen molar-refractivity contribution >= 4 is 17.4 Å². The van der Waals surface area contributed by atoms with E-state index in [4.69, 9.17) is 11.6 Å². The van der Waals surface area contributed by atoms with Crippen molar-refractivity contribution in [3.63, 3.8) is 0 Å². The van der Waals surface area contributed by atoms with Crippen molar-refractivity contribution in [1.29, 1.82) is 0 Å². The second-order valence-corrected chi connectivity index (χ2v) is 2.95. The van der Waals surface area contributed by atoms with Crippen LogP contribution in [0.3, 0.4) is 0 Å². The fraction of sp³-hybridized carbons (Fsp3) is 0. The fourth-order valence-corrected chi connectivity index (χ4v) is 0.976. The van der Waals surface area contributed by atoms with Gasteiger partial charge in [0, 0.05) is 0 Å². The summed E-state index contributed by atoms with van der Waals surface area (Å²) in [5.41, 5.74) is -0.249. The highest BCUT2D eigenvalue weighted by atomic mass is 35.5. The molecule has 0 aromatic carbocycles. The smallest absolute Gasteiger partial charge is 0.213 e. The standard InChI is InChI=1S/C10H7ClFNO/c1-6(7(2)12)10(14)8-4-3-5-9(11)13-8/h3-5H,1-2H2. The van der Waals surface area contributed by atoms with Crippen molar-refractivity contribution in [2.75, 3.05) is 0 Å². The summed E-state index contributed by atoms with van der Waals surface area (Å²) in [6.07, 6.45) is 0. The molecule has 0 aliphatic carbocycles. The molecule has 1 aromatic rings. The topological polar surface area (TPSA) is 30.0 Å². The summed E-state index contributed by atoms with van der Waals surface area (Å²) < 4.78 is 12.6. The zero-order valence-corrected chi connectivity index (χ0v) is 8.01. The Balaban J connectivity index is 3.01. The van der Waals surface area contributed by atoms with E-state index in [1.54, 1.807) is 6.07 Å². The maximum absolute atomic E-state index is 12.6. The van der Waals surface area contributed by atoms with Gasteiger partial charge in [-0.05, 0) is 12.1 Å². The number of nitrogens with zero attached hydrogens (tertiary/aromatic N) is 1. The van der Waals surface area contributed by atoms with Gasteiger partial charge in [0.2, 0.25) is 5.78 Å². The van der Waals surface area contributed by atoms with E-state index in [1.807, 2.05) is 0 Å². The van der Waals surface area contributed by atoms with Crippen LogP contribution in [0.4, 0.5) is 4.39 Å². The van der Waals surface area contributed by atoms with Gasteiger partial charge in [0.15, 0.2) is 0 Å². The molecule has 1 rings (SSSR count). The highest BCUT2D eigenvalue weighted by Gasteiger charge is 2.14. The summed E-state index contributed by atoms with van der Waals surface area (Å²) in [7, 11) is 0. The summed E-state index contributed by atoms with van der Waals surface area (Å²) in [4.78, 5) is 15.1. The van der Waals surface area contributed by atoms with Crippen LogP contribution in [-0.4, -0.2) is 10.8 Å². The minimum absolute atomic E-state index is 0.0568. The number of allylic oxidation sites excluding steroid dienone is 2. The molecule has 0 bridgehead atoms. The van der Waals surface area contributed by atoms with Gasteiger partial charge in [-0.25, -0.2) is 9.37 Å². The first-order valence-electron chi connectivity index (χ1n) is 3.73. The molecule has 0 N–H and O–H groups in total. The van der Waals surface area contributed by atoms with Gasteiger partial charge >= 0.3 is 0 Å².